The van der Waals surface area contributed by atoms with Crippen LogP contribution >= 0.6 is 0 Å². The fraction of sp³-hybridized carbons (Fsp3) is 0.750. The standard InChI is InChI=1S/C8H17N/c1-6(7(2)9)8(3,4)5/h7H,1,9H2,2-5H3. The maximum atomic E-state index is 5.62. The Hall–Kier alpha value is -0.300. The summed E-state index contributed by atoms with van der Waals surface area (Å²) in [6.07, 6.45) is 0. The molecule has 1 nitrogen and oxygen atoms in total. The van der Waals surface area contributed by atoms with E-state index in [-0.39, 0.29) is 11.5 Å². The molecule has 0 heterocycles. The van der Waals surface area contributed by atoms with Gasteiger partial charge in [-0.2, -0.15) is 0 Å². The van der Waals surface area contributed by atoms with Crippen LogP contribution < -0.4 is 5.73 Å². The van der Waals surface area contributed by atoms with E-state index in [0.717, 1.165) is 5.57 Å². The van der Waals surface area contributed by atoms with E-state index in [9.17, 15) is 0 Å². The molecule has 0 fully saturated rings. The minimum Gasteiger partial charge on any atom is -0.324 e. The largest absolute Gasteiger partial charge is 0.324 e. The Bertz CT molecular complexity index is 106. The Labute approximate surface area is 57.9 Å². The predicted octanol–water partition coefficient (Wildman–Crippen LogP) is 1.94. The lowest BCUT2D eigenvalue weighted by Gasteiger charge is -2.24. The van der Waals surface area contributed by atoms with Crippen LogP contribution in [0.4, 0.5) is 0 Å². The SMILES string of the molecule is C=C(C(C)N)C(C)(C)C. The highest BCUT2D eigenvalue weighted by molar-refractivity contribution is 5.10. The molecule has 0 rings (SSSR count). The van der Waals surface area contributed by atoms with Gasteiger partial charge in [0.1, 0.15) is 0 Å². The molecule has 0 aliphatic heterocycles. The van der Waals surface area contributed by atoms with Crippen molar-refractivity contribution >= 4 is 0 Å². The van der Waals surface area contributed by atoms with Crippen molar-refractivity contribution in [2.45, 2.75) is 33.7 Å². The van der Waals surface area contributed by atoms with Crippen molar-refractivity contribution in [2.24, 2.45) is 11.1 Å². The van der Waals surface area contributed by atoms with Gasteiger partial charge in [-0.3, -0.25) is 0 Å². The van der Waals surface area contributed by atoms with Crippen molar-refractivity contribution in [3.05, 3.63) is 12.2 Å². The Morgan fingerprint density at radius 3 is 1.78 bits per heavy atom. The summed E-state index contributed by atoms with van der Waals surface area (Å²) >= 11 is 0. The molecule has 1 heteroatoms. The molecule has 0 aromatic carbocycles. The summed E-state index contributed by atoms with van der Waals surface area (Å²) in [5.74, 6) is 0. The third-order valence-corrected chi connectivity index (χ3v) is 1.51. The van der Waals surface area contributed by atoms with Gasteiger partial charge in [0.2, 0.25) is 0 Å². The minimum absolute atomic E-state index is 0.116. The van der Waals surface area contributed by atoms with Gasteiger partial charge >= 0.3 is 0 Å². The molecule has 0 radical (unpaired) electrons. The highest BCUT2D eigenvalue weighted by Gasteiger charge is 2.16. The van der Waals surface area contributed by atoms with Gasteiger partial charge in [-0.1, -0.05) is 32.9 Å². The maximum absolute atomic E-state index is 5.62. The van der Waals surface area contributed by atoms with Crippen molar-refractivity contribution in [1.29, 1.82) is 0 Å². The minimum atomic E-state index is 0.116. The van der Waals surface area contributed by atoms with Crippen molar-refractivity contribution in [2.75, 3.05) is 0 Å². The molecule has 0 bridgehead atoms. The molecule has 1 atom stereocenters. The first-order valence-electron chi connectivity index (χ1n) is 3.30. The van der Waals surface area contributed by atoms with Crippen molar-refractivity contribution in [3.63, 3.8) is 0 Å². The smallest absolute Gasteiger partial charge is 0.0227 e. The summed E-state index contributed by atoms with van der Waals surface area (Å²) in [4.78, 5) is 0. The third-order valence-electron chi connectivity index (χ3n) is 1.51. The molecule has 0 saturated carbocycles. The Morgan fingerprint density at radius 2 is 1.78 bits per heavy atom. The highest BCUT2D eigenvalue weighted by Crippen LogP contribution is 2.24. The second kappa shape index (κ2) is 2.53. The summed E-state index contributed by atoms with van der Waals surface area (Å²) in [6, 6.07) is 0.116. The van der Waals surface area contributed by atoms with Crippen LogP contribution in [0.15, 0.2) is 12.2 Å². The van der Waals surface area contributed by atoms with Crippen molar-refractivity contribution in [3.8, 4) is 0 Å². The van der Waals surface area contributed by atoms with E-state index in [1.807, 2.05) is 6.92 Å². The van der Waals surface area contributed by atoms with Crippen molar-refractivity contribution in [1.82, 2.24) is 0 Å². The molecule has 9 heavy (non-hydrogen) atoms. The van der Waals surface area contributed by atoms with E-state index in [0.29, 0.717) is 0 Å². The summed E-state index contributed by atoms with van der Waals surface area (Å²) in [5.41, 5.74) is 6.90. The van der Waals surface area contributed by atoms with Gasteiger partial charge in [0.15, 0.2) is 0 Å². The van der Waals surface area contributed by atoms with Crippen molar-refractivity contribution < 1.29 is 0 Å². The summed E-state index contributed by atoms with van der Waals surface area (Å²) in [7, 11) is 0. The third kappa shape index (κ3) is 2.66. The zero-order valence-corrected chi connectivity index (χ0v) is 6.86. The van der Waals surface area contributed by atoms with Crippen LogP contribution in [0.1, 0.15) is 27.7 Å². The fourth-order valence-corrected chi connectivity index (χ4v) is 0.683. The molecule has 1 unspecified atom stereocenters. The van der Waals surface area contributed by atoms with Gasteiger partial charge in [-0.05, 0) is 12.3 Å². The Kier molecular flexibility index (Phi) is 2.44. The lowest BCUT2D eigenvalue weighted by Crippen LogP contribution is -2.25. The first kappa shape index (κ1) is 8.70. The van der Waals surface area contributed by atoms with Crippen LogP contribution in [0.25, 0.3) is 0 Å². The van der Waals surface area contributed by atoms with E-state index >= 15 is 0 Å². The lowest BCUT2D eigenvalue weighted by atomic mass is 9.84. The van der Waals surface area contributed by atoms with E-state index < -0.39 is 0 Å². The van der Waals surface area contributed by atoms with Gasteiger partial charge in [0, 0.05) is 6.04 Å². The van der Waals surface area contributed by atoms with E-state index in [2.05, 4.69) is 27.4 Å². The number of nitrogens with two attached hydrogens (primary N) is 1. The number of rotatable bonds is 1. The summed E-state index contributed by atoms with van der Waals surface area (Å²) in [6.45, 7) is 12.2. The quantitative estimate of drug-likeness (QED) is 0.535. The second-order valence-electron chi connectivity index (χ2n) is 3.56. The number of hydrogen-bond acceptors (Lipinski definition) is 1. The van der Waals surface area contributed by atoms with Crippen LogP contribution in [-0.2, 0) is 0 Å². The number of hydrogen-bond donors (Lipinski definition) is 1. The topological polar surface area (TPSA) is 26.0 Å². The van der Waals surface area contributed by atoms with Gasteiger partial charge in [-0.25, -0.2) is 0 Å². The van der Waals surface area contributed by atoms with Crippen LogP contribution in [0.3, 0.4) is 0 Å². The van der Waals surface area contributed by atoms with Gasteiger partial charge in [-0.15, -0.1) is 0 Å². The van der Waals surface area contributed by atoms with E-state index in [1.54, 1.807) is 0 Å². The molecule has 0 aliphatic carbocycles. The molecule has 0 spiro atoms. The molecular formula is C8H17N. The zero-order valence-electron chi connectivity index (χ0n) is 6.86. The molecule has 2 N–H and O–H groups in total. The first-order valence-corrected chi connectivity index (χ1v) is 3.30. The monoisotopic (exact) mass is 127 g/mol. The Balaban J connectivity index is 4.06. The molecule has 0 aliphatic rings. The maximum Gasteiger partial charge on any atom is 0.0227 e. The van der Waals surface area contributed by atoms with Crippen LogP contribution in [0.2, 0.25) is 0 Å². The van der Waals surface area contributed by atoms with Crippen LogP contribution in [0.5, 0.6) is 0 Å². The summed E-state index contributed by atoms with van der Waals surface area (Å²) < 4.78 is 0. The average Bonchev–Trinajstić information content (AvgIpc) is 1.62. The van der Waals surface area contributed by atoms with Crippen LogP contribution in [0, 0.1) is 5.41 Å². The van der Waals surface area contributed by atoms with E-state index in [4.69, 9.17) is 5.73 Å². The molecule has 54 valence electrons. The summed E-state index contributed by atoms with van der Waals surface area (Å²) in [5, 5.41) is 0. The molecule has 0 aromatic heterocycles. The molecular weight excluding hydrogens is 110 g/mol. The normalized spacial score (nSPS) is 15.2. The van der Waals surface area contributed by atoms with Crippen LogP contribution in [-0.4, -0.2) is 6.04 Å². The second-order valence-corrected chi connectivity index (χ2v) is 3.56. The van der Waals surface area contributed by atoms with Gasteiger partial charge in [0.25, 0.3) is 0 Å². The zero-order chi connectivity index (χ0) is 7.65. The Morgan fingerprint density at radius 1 is 1.44 bits per heavy atom. The lowest BCUT2D eigenvalue weighted by molar-refractivity contribution is 0.472. The van der Waals surface area contributed by atoms with E-state index in [1.165, 1.54) is 0 Å². The van der Waals surface area contributed by atoms with Gasteiger partial charge in [0.05, 0.1) is 0 Å². The predicted molar refractivity (Wildman–Crippen MR) is 42.2 cm³/mol. The fourth-order valence-electron chi connectivity index (χ4n) is 0.683. The molecule has 0 saturated heterocycles. The average molecular weight is 127 g/mol. The molecule has 0 aromatic rings. The molecule has 0 amide bonds. The first-order chi connectivity index (χ1) is 3.85. The van der Waals surface area contributed by atoms with Gasteiger partial charge < -0.3 is 5.73 Å². The highest BCUT2D eigenvalue weighted by atomic mass is 14.6.